The average molecular weight is 260 g/mol. The van der Waals surface area contributed by atoms with Crippen molar-refractivity contribution in [1.29, 1.82) is 0 Å². The number of hydrogen-bond acceptors (Lipinski definition) is 0. The number of hydrogen-bond donors (Lipinski definition) is 0. The normalized spacial score (nSPS) is 10.7. The summed E-state index contributed by atoms with van der Waals surface area (Å²) in [4.78, 5) is 0. The van der Waals surface area contributed by atoms with Gasteiger partial charge in [-0.3, -0.25) is 0 Å². The summed E-state index contributed by atoms with van der Waals surface area (Å²) >= 11 is 0. The molecule has 0 bridgehead atoms. The standard InChI is InChI=1S/C11H13N2.BF4/c1-12-6-4-5-11(9-12)10-13-7-2-3-8-13;2-1(3,4)5/h2-9H,10H2,1H3;/q+1;-1. The van der Waals surface area contributed by atoms with Gasteiger partial charge in [0.15, 0.2) is 12.4 Å². The van der Waals surface area contributed by atoms with Crippen LogP contribution in [0.2, 0.25) is 0 Å². The van der Waals surface area contributed by atoms with Crippen LogP contribution < -0.4 is 4.57 Å². The van der Waals surface area contributed by atoms with Crippen molar-refractivity contribution in [3.8, 4) is 0 Å². The van der Waals surface area contributed by atoms with Crippen molar-refractivity contribution in [3.63, 3.8) is 0 Å². The molecule has 2 rings (SSSR count). The monoisotopic (exact) mass is 260 g/mol. The van der Waals surface area contributed by atoms with E-state index in [4.69, 9.17) is 0 Å². The van der Waals surface area contributed by atoms with Crippen LogP contribution in [0, 0.1) is 0 Å². The van der Waals surface area contributed by atoms with Crippen LogP contribution in [-0.4, -0.2) is 11.8 Å². The Labute approximate surface area is 103 Å². The molecule has 0 saturated carbocycles. The van der Waals surface area contributed by atoms with Crippen LogP contribution in [0.25, 0.3) is 0 Å². The highest BCUT2D eigenvalue weighted by molar-refractivity contribution is 6.50. The molecule has 0 radical (unpaired) electrons. The van der Waals surface area contributed by atoms with Gasteiger partial charge in [0.2, 0.25) is 0 Å². The Kier molecular flexibility index (Phi) is 4.94. The Morgan fingerprint density at radius 1 is 1.11 bits per heavy atom. The maximum Gasteiger partial charge on any atom is 0.673 e. The number of aryl methyl sites for hydroxylation is 1. The minimum atomic E-state index is -6.00. The minimum Gasteiger partial charge on any atom is -0.418 e. The molecule has 2 aromatic heterocycles. The third kappa shape index (κ3) is 6.72. The van der Waals surface area contributed by atoms with Crippen LogP contribution in [0.3, 0.4) is 0 Å². The van der Waals surface area contributed by atoms with E-state index in [0.717, 1.165) is 6.54 Å². The van der Waals surface area contributed by atoms with Crippen molar-refractivity contribution >= 4 is 7.25 Å². The molecule has 0 amide bonds. The predicted octanol–water partition coefficient (Wildman–Crippen LogP) is 2.66. The molecule has 0 aliphatic rings. The Balaban J connectivity index is 0.000000280. The fourth-order valence-corrected chi connectivity index (χ4v) is 1.43. The molecule has 0 unspecified atom stereocenters. The van der Waals surface area contributed by atoms with Crippen LogP contribution >= 0.6 is 0 Å². The number of aromatic nitrogens is 2. The summed E-state index contributed by atoms with van der Waals surface area (Å²) in [6.07, 6.45) is 8.33. The summed E-state index contributed by atoms with van der Waals surface area (Å²) < 4.78 is 43.2. The molecule has 18 heavy (non-hydrogen) atoms. The number of halogens is 4. The first-order chi connectivity index (χ1) is 8.34. The van der Waals surface area contributed by atoms with Gasteiger partial charge in [0.1, 0.15) is 7.05 Å². The van der Waals surface area contributed by atoms with Crippen molar-refractivity contribution in [3.05, 3.63) is 54.6 Å². The zero-order chi connectivity index (χ0) is 13.6. The van der Waals surface area contributed by atoms with Crippen molar-refractivity contribution < 1.29 is 21.8 Å². The molecule has 0 aliphatic carbocycles. The van der Waals surface area contributed by atoms with Gasteiger partial charge in [-0.05, 0) is 18.2 Å². The molecule has 0 N–H and O–H groups in total. The number of rotatable bonds is 2. The van der Waals surface area contributed by atoms with E-state index in [-0.39, 0.29) is 0 Å². The predicted molar refractivity (Wildman–Crippen MR) is 61.3 cm³/mol. The summed E-state index contributed by atoms with van der Waals surface area (Å²) in [5.41, 5.74) is 1.32. The van der Waals surface area contributed by atoms with Gasteiger partial charge in [-0.1, -0.05) is 0 Å². The van der Waals surface area contributed by atoms with Gasteiger partial charge in [0, 0.05) is 24.0 Å². The molecule has 0 aliphatic heterocycles. The summed E-state index contributed by atoms with van der Waals surface area (Å²) in [5.74, 6) is 0. The highest BCUT2D eigenvalue weighted by atomic mass is 19.5. The van der Waals surface area contributed by atoms with Gasteiger partial charge in [0.05, 0.1) is 6.54 Å². The maximum atomic E-state index is 9.75. The number of nitrogens with zero attached hydrogens (tertiary/aromatic N) is 2. The highest BCUT2D eigenvalue weighted by Crippen LogP contribution is 2.06. The zero-order valence-electron chi connectivity index (χ0n) is 9.81. The van der Waals surface area contributed by atoms with Crippen molar-refractivity contribution in [2.24, 2.45) is 7.05 Å². The number of pyridine rings is 1. The Hall–Kier alpha value is -1.79. The van der Waals surface area contributed by atoms with Gasteiger partial charge < -0.3 is 21.8 Å². The average Bonchev–Trinajstić information content (AvgIpc) is 2.67. The molecule has 2 nitrogen and oxygen atoms in total. The second-order valence-electron chi connectivity index (χ2n) is 3.73. The lowest BCUT2D eigenvalue weighted by Gasteiger charge is -2.00. The van der Waals surface area contributed by atoms with Crippen LogP contribution in [0.5, 0.6) is 0 Å². The quantitative estimate of drug-likeness (QED) is 0.446. The van der Waals surface area contributed by atoms with Crippen LogP contribution in [0.4, 0.5) is 17.3 Å². The van der Waals surface area contributed by atoms with Gasteiger partial charge >= 0.3 is 7.25 Å². The summed E-state index contributed by atoms with van der Waals surface area (Å²) in [7, 11) is -3.96. The lowest BCUT2D eigenvalue weighted by Crippen LogP contribution is -2.27. The van der Waals surface area contributed by atoms with Gasteiger partial charge in [-0.25, -0.2) is 4.57 Å². The lowest BCUT2D eigenvalue weighted by molar-refractivity contribution is -0.671. The smallest absolute Gasteiger partial charge is 0.418 e. The Morgan fingerprint density at radius 3 is 2.17 bits per heavy atom. The molecule has 0 saturated heterocycles. The van der Waals surface area contributed by atoms with E-state index in [1.165, 1.54) is 5.56 Å². The molecule has 98 valence electrons. The summed E-state index contributed by atoms with van der Waals surface area (Å²) in [6.45, 7) is 0.946. The topological polar surface area (TPSA) is 8.81 Å². The van der Waals surface area contributed by atoms with Crippen LogP contribution in [-0.2, 0) is 13.6 Å². The summed E-state index contributed by atoms with van der Waals surface area (Å²) in [5, 5.41) is 0. The molecule has 0 atom stereocenters. The molecule has 2 heterocycles. The second kappa shape index (κ2) is 6.23. The largest absolute Gasteiger partial charge is 0.673 e. The third-order valence-corrected chi connectivity index (χ3v) is 2.03. The fraction of sp³-hybridized carbons (Fsp3) is 0.182. The molecule has 0 aromatic carbocycles. The van der Waals surface area contributed by atoms with E-state index in [1.54, 1.807) is 0 Å². The first-order valence-corrected chi connectivity index (χ1v) is 5.27. The molecule has 7 heteroatoms. The SMILES string of the molecule is C[n+]1cccc(Cn2cccc2)c1.F[B-](F)(F)F. The van der Waals surface area contributed by atoms with Gasteiger partial charge in [0.25, 0.3) is 0 Å². The van der Waals surface area contributed by atoms with E-state index in [1.807, 2.05) is 25.4 Å². The van der Waals surface area contributed by atoms with Gasteiger partial charge in [-0.15, -0.1) is 0 Å². The van der Waals surface area contributed by atoms with Gasteiger partial charge in [-0.2, -0.15) is 0 Å². The second-order valence-corrected chi connectivity index (χ2v) is 3.73. The Morgan fingerprint density at radius 2 is 1.67 bits per heavy atom. The molecule has 0 fully saturated rings. The molecule has 0 spiro atoms. The molecular formula is C11H13BF4N2. The summed E-state index contributed by atoms with van der Waals surface area (Å²) in [6, 6.07) is 8.30. The fourth-order valence-electron chi connectivity index (χ4n) is 1.43. The highest BCUT2D eigenvalue weighted by Gasteiger charge is 2.20. The van der Waals surface area contributed by atoms with E-state index in [2.05, 4.69) is 39.9 Å². The first-order valence-electron chi connectivity index (χ1n) is 5.27. The van der Waals surface area contributed by atoms with Crippen LogP contribution in [0.1, 0.15) is 5.56 Å². The zero-order valence-corrected chi connectivity index (χ0v) is 9.81. The third-order valence-electron chi connectivity index (χ3n) is 2.03. The Bertz CT molecular complexity index is 462. The van der Waals surface area contributed by atoms with E-state index >= 15 is 0 Å². The van der Waals surface area contributed by atoms with E-state index in [0.29, 0.717) is 0 Å². The van der Waals surface area contributed by atoms with E-state index < -0.39 is 7.25 Å². The van der Waals surface area contributed by atoms with Crippen LogP contribution in [0.15, 0.2) is 49.1 Å². The molecule has 2 aromatic rings. The van der Waals surface area contributed by atoms with E-state index in [9.17, 15) is 17.3 Å². The lowest BCUT2D eigenvalue weighted by atomic mass is 10.3. The first kappa shape index (κ1) is 14.3. The molecular weight excluding hydrogens is 247 g/mol. The maximum absolute atomic E-state index is 9.75. The minimum absolute atomic E-state index is 0.946. The van der Waals surface area contributed by atoms with Crippen molar-refractivity contribution in [2.75, 3.05) is 0 Å². The van der Waals surface area contributed by atoms with Crippen molar-refractivity contribution in [1.82, 2.24) is 4.57 Å². The van der Waals surface area contributed by atoms with Crippen molar-refractivity contribution in [2.45, 2.75) is 6.54 Å².